The van der Waals surface area contributed by atoms with E-state index in [1.165, 1.54) is 6.07 Å². The molecule has 25 heavy (non-hydrogen) atoms. The summed E-state index contributed by atoms with van der Waals surface area (Å²) in [5.74, 6) is 0.435. The van der Waals surface area contributed by atoms with E-state index in [9.17, 15) is 9.18 Å². The lowest BCUT2D eigenvalue weighted by Gasteiger charge is -2.19. The average Bonchev–Trinajstić information content (AvgIpc) is 2.94. The molecule has 1 aliphatic rings. The second-order valence-electron chi connectivity index (χ2n) is 5.79. The highest BCUT2D eigenvalue weighted by Crippen LogP contribution is 2.27. The lowest BCUT2D eigenvalue weighted by molar-refractivity contribution is -0.117. The normalized spacial score (nSPS) is 13.8. The van der Waals surface area contributed by atoms with Gasteiger partial charge < -0.3 is 15.5 Å². The number of guanidine groups is 1. The minimum Gasteiger partial charge on any atom is -0.355 e. The number of carbonyl (C=O) groups excluding carboxylic acids is 1. The van der Waals surface area contributed by atoms with E-state index in [0.29, 0.717) is 37.6 Å². The highest BCUT2D eigenvalue weighted by atomic mass is 19.1. The summed E-state index contributed by atoms with van der Waals surface area (Å²) in [7, 11) is 1.66. The van der Waals surface area contributed by atoms with Crippen LogP contribution in [0.4, 0.5) is 10.1 Å². The number of anilines is 1. The van der Waals surface area contributed by atoms with Crippen molar-refractivity contribution in [2.75, 3.05) is 25.0 Å². The molecule has 5 nitrogen and oxygen atoms in total. The zero-order chi connectivity index (χ0) is 17.6. The molecule has 3 rings (SSSR count). The Morgan fingerprint density at radius 2 is 1.92 bits per heavy atom. The van der Waals surface area contributed by atoms with Gasteiger partial charge in [0, 0.05) is 37.9 Å². The fourth-order valence-corrected chi connectivity index (χ4v) is 2.89. The number of rotatable bonds is 5. The van der Waals surface area contributed by atoms with Gasteiger partial charge >= 0.3 is 0 Å². The molecule has 2 aromatic carbocycles. The van der Waals surface area contributed by atoms with E-state index in [1.807, 2.05) is 24.3 Å². The number of halogens is 1. The van der Waals surface area contributed by atoms with Crippen LogP contribution in [-0.4, -0.2) is 32.0 Å². The second kappa shape index (κ2) is 7.79. The summed E-state index contributed by atoms with van der Waals surface area (Å²) in [6, 6.07) is 14.5. The summed E-state index contributed by atoms with van der Waals surface area (Å²) in [6.45, 7) is 1.45. The molecule has 0 aliphatic carbocycles. The number of benzene rings is 2. The molecular weight excluding hydrogens is 319 g/mol. The van der Waals surface area contributed by atoms with Crippen molar-refractivity contribution in [2.45, 2.75) is 13.0 Å². The van der Waals surface area contributed by atoms with Gasteiger partial charge in [0.2, 0.25) is 5.91 Å². The molecule has 130 valence electrons. The van der Waals surface area contributed by atoms with Gasteiger partial charge in [0.05, 0.1) is 6.42 Å². The average molecular weight is 340 g/mol. The minimum atomic E-state index is -0.246. The molecule has 0 radical (unpaired) electrons. The molecule has 0 aromatic heterocycles. The Kier molecular flexibility index (Phi) is 5.28. The summed E-state index contributed by atoms with van der Waals surface area (Å²) < 4.78 is 13.6. The molecule has 0 spiro atoms. The van der Waals surface area contributed by atoms with Crippen LogP contribution in [0.15, 0.2) is 53.5 Å². The van der Waals surface area contributed by atoms with Gasteiger partial charge in [-0.1, -0.05) is 36.4 Å². The molecule has 0 atom stereocenters. The van der Waals surface area contributed by atoms with E-state index in [-0.39, 0.29) is 11.7 Å². The fourth-order valence-electron chi connectivity index (χ4n) is 2.89. The molecule has 1 aliphatic heterocycles. The minimum absolute atomic E-state index is 0.109. The maximum Gasteiger partial charge on any atom is 0.231 e. The first-order chi connectivity index (χ1) is 12.2. The summed E-state index contributed by atoms with van der Waals surface area (Å²) >= 11 is 0. The number of nitrogens with zero attached hydrogens (tertiary/aromatic N) is 2. The Hall–Kier alpha value is -2.89. The highest BCUT2D eigenvalue weighted by molar-refractivity contribution is 6.01. The fraction of sp³-hybridized carbons (Fsp3) is 0.263. The maximum atomic E-state index is 13.6. The quantitative estimate of drug-likeness (QED) is 0.647. The number of aliphatic imine (C=N–C) groups is 1. The summed E-state index contributed by atoms with van der Waals surface area (Å²) in [6.07, 6.45) is 0.455. The van der Waals surface area contributed by atoms with Crippen molar-refractivity contribution in [3.63, 3.8) is 0 Å². The van der Waals surface area contributed by atoms with Gasteiger partial charge in [0.15, 0.2) is 5.96 Å². The number of hydrogen-bond acceptors (Lipinski definition) is 2. The van der Waals surface area contributed by atoms with Crippen molar-refractivity contribution in [3.05, 3.63) is 65.5 Å². The third kappa shape index (κ3) is 3.96. The van der Waals surface area contributed by atoms with Crippen molar-refractivity contribution < 1.29 is 9.18 Å². The van der Waals surface area contributed by atoms with E-state index in [1.54, 1.807) is 30.1 Å². The number of fused-ring (bicyclic) bond motifs is 1. The highest BCUT2D eigenvalue weighted by Gasteiger charge is 2.26. The molecule has 2 aromatic rings. The third-order valence-corrected chi connectivity index (χ3v) is 4.18. The van der Waals surface area contributed by atoms with E-state index in [2.05, 4.69) is 15.6 Å². The van der Waals surface area contributed by atoms with Crippen LogP contribution in [0, 0.1) is 5.82 Å². The van der Waals surface area contributed by atoms with Crippen LogP contribution in [-0.2, 0) is 17.8 Å². The van der Waals surface area contributed by atoms with Crippen molar-refractivity contribution >= 4 is 17.6 Å². The topological polar surface area (TPSA) is 56.7 Å². The lowest BCUT2D eigenvalue weighted by Crippen LogP contribution is -2.42. The summed E-state index contributed by atoms with van der Waals surface area (Å²) in [4.78, 5) is 18.0. The molecule has 6 heteroatoms. The van der Waals surface area contributed by atoms with E-state index >= 15 is 0 Å². The second-order valence-corrected chi connectivity index (χ2v) is 5.79. The Bertz CT molecular complexity index is 790. The third-order valence-electron chi connectivity index (χ3n) is 4.18. The number of hydrogen-bond donors (Lipinski definition) is 2. The van der Waals surface area contributed by atoms with E-state index in [0.717, 1.165) is 11.3 Å². The molecular formula is C19H21FN4O. The molecule has 0 saturated carbocycles. The number of nitrogens with one attached hydrogen (secondary N) is 2. The molecule has 1 heterocycles. The van der Waals surface area contributed by atoms with Gasteiger partial charge in [-0.15, -0.1) is 0 Å². The van der Waals surface area contributed by atoms with Crippen LogP contribution in [0.5, 0.6) is 0 Å². The van der Waals surface area contributed by atoms with Gasteiger partial charge in [-0.2, -0.15) is 0 Å². The van der Waals surface area contributed by atoms with Crippen molar-refractivity contribution in [1.82, 2.24) is 10.6 Å². The molecule has 1 amide bonds. The Labute approximate surface area is 146 Å². The first kappa shape index (κ1) is 17.0. The van der Waals surface area contributed by atoms with E-state index < -0.39 is 0 Å². The predicted octanol–water partition coefficient (Wildman–Crippen LogP) is 2.08. The molecule has 2 N–H and O–H groups in total. The van der Waals surface area contributed by atoms with Gasteiger partial charge in [-0.3, -0.25) is 9.79 Å². The monoisotopic (exact) mass is 340 g/mol. The van der Waals surface area contributed by atoms with Gasteiger partial charge in [-0.25, -0.2) is 4.39 Å². The van der Waals surface area contributed by atoms with Crippen molar-refractivity contribution in [1.29, 1.82) is 0 Å². The van der Waals surface area contributed by atoms with Crippen molar-refractivity contribution in [2.24, 2.45) is 4.99 Å². The van der Waals surface area contributed by atoms with Crippen LogP contribution < -0.4 is 15.5 Å². The van der Waals surface area contributed by atoms with Gasteiger partial charge in [0.1, 0.15) is 5.82 Å². The smallest absolute Gasteiger partial charge is 0.231 e. The largest absolute Gasteiger partial charge is 0.355 e. The lowest BCUT2D eigenvalue weighted by atomic mass is 10.2. The first-order valence-electron chi connectivity index (χ1n) is 8.25. The summed E-state index contributed by atoms with van der Waals surface area (Å²) in [5, 5.41) is 6.24. The predicted molar refractivity (Wildman–Crippen MR) is 97.1 cm³/mol. The molecule has 0 fully saturated rings. The Morgan fingerprint density at radius 3 is 2.72 bits per heavy atom. The zero-order valence-corrected chi connectivity index (χ0v) is 14.1. The Balaban J connectivity index is 1.51. The standard InChI is InChI=1S/C19H21FN4O/c1-21-19(23-13-15-7-2-4-8-16(15)20)22-10-11-24-17-9-5-3-6-14(17)12-18(24)25/h2-9H,10-13H2,1H3,(H2,21,22,23). The molecule has 0 bridgehead atoms. The summed E-state index contributed by atoms with van der Waals surface area (Å²) in [5.41, 5.74) is 2.62. The van der Waals surface area contributed by atoms with E-state index in [4.69, 9.17) is 0 Å². The number of amides is 1. The van der Waals surface area contributed by atoms with Crippen LogP contribution in [0.25, 0.3) is 0 Å². The Morgan fingerprint density at radius 1 is 1.16 bits per heavy atom. The first-order valence-corrected chi connectivity index (χ1v) is 8.25. The van der Waals surface area contributed by atoms with Crippen LogP contribution in [0.1, 0.15) is 11.1 Å². The van der Waals surface area contributed by atoms with Gasteiger partial charge in [-0.05, 0) is 17.7 Å². The maximum absolute atomic E-state index is 13.6. The zero-order valence-electron chi connectivity index (χ0n) is 14.1. The SMILES string of the molecule is CN=C(NCCN1C(=O)Cc2ccccc21)NCc1ccccc1F. The number of carbonyl (C=O) groups is 1. The van der Waals surface area contributed by atoms with Gasteiger partial charge in [0.25, 0.3) is 0 Å². The van der Waals surface area contributed by atoms with Crippen LogP contribution >= 0.6 is 0 Å². The van der Waals surface area contributed by atoms with Crippen LogP contribution in [0.3, 0.4) is 0 Å². The molecule has 0 unspecified atom stereocenters. The van der Waals surface area contributed by atoms with Crippen molar-refractivity contribution in [3.8, 4) is 0 Å². The molecule has 0 saturated heterocycles. The van der Waals surface area contributed by atoms with Crippen LogP contribution in [0.2, 0.25) is 0 Å². The number of para-hydroxylation sites is 1.